The zero-order valence-corrected chi connectivity index (χ0v) is 6.99. The van der Waals surface area contributed by atoms with Crippen LogP contribution in [0.3, 0.4) is 0 Å². The van der Waals surface area contributed by atoms with Crippen LogP contribution in [-0.4, -0.2) is 13.5 Å². The Hall–Kier alpha value is 0.110. The van der Waals surface area contributed by atoms with Gasteiger partial charge in [0.15, 0.2) is 11.1 Å². The van der Waals surface area contributed by atoms with Gasteiger partial charge in [0.05, 0.1) is 4.75 Å². The summed E-state index contributed by atoms with van der Waals surface area (Å²) < 4.78 is 18.8. The molecule has 0 fully saturated rings. The number of hydrogen-bond acceptors (Lipinski definition) is 1. The van der Waals surface area contributed by atoms with Crippen molar-refractivity contribution in [3.63, 3.8) is 0 Å². The first-order valence-corrected chi connectivity index (χ1v) is 4.22. The predicted molar refractivity (Wildman–Crippen MR) is 39.8 cm³/mol. The SMILES string of the molecule is CCCC(C)(C)S(=O)O. The quantitative estimate of drug-likeness (QED) is 0.623. The van der Waals surface area contributed by atoms with Crippen LogP contribution in [0.15, 0.2) is 0 Å². The van der Waals surface area contributed by atoms with Crippen LogP contribution in [0.25, 0.3) is 0 Å². The van der Waals surface area contributed by atoms with Crippen LogP contribution in [0.2, 0.25) is 0 Å². The van der Waals surface area contributed by atoms with Crippen LogP contribution in [0, 0.1) is 0 Å². The topological polar surface area (TPSA) is 37.3 Å². The molecule has 0 aliphatic heterocycles. The van der Waals surface area contributed by atoms with E-state index in [-0.39, 0.29) is 0 Å². The molecule has 0 spiro atoms. The third-order valence-electron chi connectivity index (χ3n) is 1.32. The molecule has 0 aliphatic rings. The van der Waals surface area contributed by atoms with Gasteiger partial charge in [-0.1, -0.05) is 13.3 Å². The second-order valence-electron chi connectivity index (χ2n) is 2.76. The van der Waals surface area contributed by atoms with E-state index in [4.69, 9.17) is 4.55 Å². The molecule has 0 aromatic rings. The van der Waals surface area contributed by atoms with E-state index in [0.717, 1.165) is 12.8 Å². The fourth-order valence-corrected chi connectivity index (χ4v) is 1.07. The molecule has 0 rings (SSSR count). The maximum Gasteiger partial charge on any atom is 0.158 e. The second kappa shape index (κ2) is 3.32. The van der Waals surface area contributed by atoms with Crippen LogP contribution in [0.4, 0.5) is 0 Å². The molecule has 0 radical (unpaired) electrons. The van der Waals surface area contributed by atoms with Crippen molar-refractivity contribution in [3.8, 4) is 0 Å². The van der Waals surface area contributed by atoms with Crippen molar-refractivity contribution in [2.45, 2.75) is 38.4 Å². The Bertz CT molecular complexity index is 110. The Labute approximate surface area is 58.9 Å². The molecule has 0 saturated carbocycles. The highest BCUT2D eigenvalue weighted by molar-refractivity contribution is 7.80. The zero-order valence-electron chi connectivity index (χ0n) is 6.18. The lowest BCUT2D eigenvalue weighted by molar-refractivity contribution is 0.497. The molecule has 0 saturated heterocycles. The van der Waals surface area contributed by atoms with E-state index in [1.807, 2.05) is 6.92 Å². The molecule has 1 unspecified atom stereocenters. The molecule has 56 valence electrons. The van der Waals surface area contributed by atoms with Gasteiger partial charge in [0, 0.05) is 0 Å². The molecule has 2 nitrogen and oxygen atoms in total. The third-order valence-corrected chi connectivity index (χ3v) is 2.47. The highest BCUT2D eigenvalue weighted by Gasteiger charge is 2.22. The normalized spacial score (nSPS) is 15.6. The minimum Gasteiger partial charge on any atom is -0.306 e. The summed E-state index contributed by atoms with van der Waals surface area (Å²) >= 11 is -1.68. The summed E-state index contributed by atoms with van der Waals surface area (Å²) in [6.07, 6.45) is 1.76. The molecule has 0 amide bonds. The summed E-state index contributed by atoms with van der Waals surface area (Å²) in [5.41, 5.74) is 0. The van der Waals surface area contributed by atoms with Gasteiger partial charge in [0.1, 0.15) is 0 Å². The summed E-state index contributed by atoms with van der Waals surface area (Å²) in [5.74, 6) is 0. The van der Waals surface area contributed by atoms with Crippen molar-refractivity contribution < 1.29 is 8.76 Å². The van der Waals surface area contributed by atoms with Gasteiger partial charge in [0.2, 0.25) is 0 Å². The first-order valence-electron chi connectivity index (χ1n) is 3.11. The van der Waals surface area contributed by atoms with Crippen molar-refractivity contribution in [2.24, 2.45) is 0 Å². The van der Waals surface area contributed by atoms with E-state index >= 15 is 0 Å². The number of rotatable bonds is 3. The highest BCUT2D eigenvalue weighted by atomic mass is 32.2. The standard InChI is InChI=1S/C6H14O2S/c1-4-5-6(2,3)9(7)8/h4-5H2,1-3H3,(H,7,8). The van der Waals surface area contributed by atoms with Gasteiger partial charge in [-0.3, -0.25) is 0 Å². The molecular formula is C6H14O2S. The van der Waals surface area contributed by atoms with Crippen LogP contribution in [0.1, 0.15) is 33.6 Å². The van der Waals surface area contributed by atoms with E-state index in [1.165, 1.54) is 0 Å². The molecular weight excluding hydrogens is 136 g/mol. The fraction of sp³-hybridized carbons (Fsp3) is 1.00. The minimum atomic E-state index is -1.68. The van der Waals surface area contributed by atoms with E-state index in [9.17, 15) is 4.21 Å². The summed E-state index contributed by atoms with van der Waals surface area (Å²) in [7, 11) is 0. The van der Waals surface area contributed by atoms with Crippen molar-refractivity contribution >= 4 is 11.1 Å². The van der Waals surface area contributed by atoms with Gasteiger partial charge in [-0.05, 0) is 20.3 Å². The van der Waals surface area contributed by atoms with Crippen molar-refractivity contribution in [3.05, 3.63) is 0 Å². The van der Waals surface area contributed by atoms with E-state index in [1.54, 1.807) is 13.8 Å². The summed E-state index contributed by atoms with van der Waals surface area (Å²) in [6, 6.07) is 0. The molecule has 3 heteroatoms. The van der Waals surface area contributed by atoms with Crippen LogP contribution in [-0.2, 0) is 11.1 Å². The molecule has 0 heterocycles. The van der Waals surface area contributed by atoms with Crippen LogP contribution < -0.4 is 0 Å². The smallest absolute Gasteiger partial charge is 0.158 e. The molecule has 0 aromatic carbocycles. The first-order chi connectivity index (χ1) is 4.00. The third kappa shape index (κ3) is 2.96. The van der Waals surface area contributed by atoms with Crippen molar-refractivity contribution in [1.82, 2.24) is 0 Å². The minimum absolute atomic E-state index is 0.422. The van der Waals surface area contributed by atoms with Gasteiger partial charge in [-0.2, -0.15) is 0 Å². The lowest BCUT2D eigenvalue weighted by Crippen LogP contribution is -2.25. The average molecular weight is 150 g/mol. The van der Waals surface area contributed by atoms with Crippen molar-refractivity contribution in [1.29, 1.82) is 0 Å². The molecule has 0 aliphatic carbocycles. The largest absolute Gasteiger partial charge is 0.306 e. The Balaban J connectivity index is 3.85. The van der Waals surface area contributed by atoms with E-state index < -0.39 is 15.8 Å². The lowest BCUT2D eigenvalue weighted by atomic mass is 10.1. The monoisotopic (exact) mass is 150 g/mol. The predicted octanol–water partition coefficient (Wildman–Crippen LogP) is 1.79. The summed E-state index contributed by atoms with van der Waals surface area (Å²) in [6.45, 7) is 5.60. The Morgan fingerprint density at radius 1 is 1.56 bits per heavy atom. The van der Waals surface area contributed by atoms with Crippen LogP contribution >= 0.6 is 0 Å². The Morgan fingerprint density at radius 3 is 2.11 bits per heavy atom. The van der Waals surface area contributed by atoms with Gasteiger partial charge in [-0.15, -0.1) is 0 Å². The van der Waals surface area contributed by atoms with Gasteiger partial charge < -0.3 is 4.55 Å². The maximum atomic E-state index is 10.5. The highest BCUT2D eigenvalue weighted by Crippen LogP contribution is 2.17. The van der Waals surface area contributed by atoms with Crippen LogP contribution in [0.5, 0.6) is 0 Å². The molecule has 0 bridgehead atoms. The fourth-order valence-electron chi connectivity index (χ4n) is 0.689. The summed E-state index contributed by atoms with van der Waals surface area (Å²) in [5, 5.41) is 0. The molecule has 1 atom stereocenters. The average Bonchev–Trinajstić information content (AvgIpc) is 1.65. The second-order valence-corrected chi connectivity index (χ2v) is 4.36. The Kier molecular flexibility index (Phi) is 3.36. The molecule has 1 N–H and O–H groups in total. The molecule has 9 heavy (non-hydrogen) atoms. The van der Waals surface area contributed by atoms with Crippen molar-refractivity contribution in [2.75, 3.05) is 0 Å². The first kappa shape index (κ1) is 9.11. The summed E-state index contributed by atoms with van der Waals surface area (Å²) in [4.78, 5) is 0. The number of hydrogen-bond donors (Lipinski definition) is 1. The zero-order chi connectivity index (χ0) is 7.49. The lowest BCUT2D eigenvalue weighted by Gasteiger charge is -2.17. The Morgan fingerprint density at radius 2 is 2.00 bits per heavy atom. The van der Waals surface area contributed by atoms with Gasteiger partial charge >= 0.3 is 0 Å². The van der Waals surface area contributed by atoms with E-state index in [2.05, 4.69) is 0 Å². The molecule has 0 aromatic heterocycles. The van der Waals surface area contributed by atoms with E-state index in [0.29, 0.717) is 0 Å². The van der Waals surface area contributed by atoms with Gasteiger partial charge in [-0.25, -0.2) is 4.21 Å². The van der Waals surface area contributed by atoms with Gasteiger partial charge in [0.25, 0.3) is 0 Å². The maximum absolute atomic E-state index is 10.5.